The average molecular weight is 363 g/mol. The number of hydrogen-bond donors (Lipinski definition) is 1. The predicted molar refractivity (Wildman–Crippen MR) is 73.1 cm³/mol. The Morgan fingerprint density at radius 3 is 2.76 bits per heavy atom. The summed E-state index contributed by atoms with van der Waals surface area (Å²) < 4.78 is 6.88. The van der Waals surface area contributed by atoms with E-state index in [2.05, 4.69) is 37.2 Å². The van der Waals surface area contributed by atoms with Gasteiger partial charge < -0.3 is 10.1 Å². The lowest BCUT2D eigenvalue weighted by Crippen LogP contribution is -2.47. The molecule has 1 aromatic rings. The van der Waals surface area contributed by atoms with Gasteiger partial charge in [-0.25, -0.2) is 0 Å². The molecule has 92 valence electrons. The summed E-state index contributed by atoms with van der Waals surface area (Å²) in [5.74, 6) is -0.0438. The van der Waals surface area contributed by atoms with Crippen molar-refractivity contribution in [2.45, 2.75) is 25.0 Å². The minimum atomic E-state index is -0.0438. The molecule has 1 fully saturated rings. The molecule has 0 aliphatic heterocycles. The third-order valence-electron chi connectivity index (χ3n) is 2.94. The van der Waals surface area contributed by atoms with Crippen molar-refractivity contribution >= 4 is 37.8 Å². The molecule has 0 bridgehead atoms. The van der Waals surface area contributed by atoms with E-state index in [1.807, 2.05) is 18.2 Å². The van der Waals surface area contributed by atoms with Crippen LogP contribution in [-0.2, 0) is 4.74 Å². The first-order valence-electron chi connectivity index (χ1n) is 5.39. The maximum atomic E-state index is 12.0. The fourth-order valence-corrected chi connectivity index (χ4v) is 2.60. The van der Waals surface area contributed by atoms with Crippen LogP contribution in [0.3, 0.4) is 0 Å². The second-order valence-corrected chi connectivity index (χ2v) is 5.89. The summed E-state index contributed by atoms with van der Waals surface area (Å²) in [7, 11) is 1.70. The lowest BCUT2D eigenvalue weighted by molar-refractivity contribution is 0.0176. The van der Waals surface area contributed by atoms with Crippen LogP contribution in [0.2, 0.25) is 0 Å². The Balaban J connectivity index is 1.98. The second-order valence-electron chi connectivity index (χ2n) is 4.12. The summed E-state index contributed by atoms with van der Waals surface area (Å²) in [4.78, 5) is 12.0. The number of hydrogen-bond acceptors (Lipinski definition) is 2. The molecule has 1 saturated carbocycles. The van der Waals surface area contributed by atoms with Crippen LogP contribution in [0.5, 0.6) is 0 Å². The van der Waals surface area contributed by atoms with E-state index < -0.39 is 0 Å². The van der Waals surface area contributed by atoms with E-state index in [4.69, 9.17) is 4.74 Å². The molecule has 1 amide bonds. The number of carbonyl (C=O) groups is 1. The average Bonchev–Trinajstić information content (AvgIpc) is 2.25. The standard InChI is InChI=1S/C12H13Br2NO2/c1-17-9-5-8(6-9)15-12(16)10-4-7(13)2-3-11(10)14/h2-4,8-9H,5-6H2,1H3,(H,15,16). The van der Waals surface area contributed by atoms with Gasteiger partial charge in [-0.3, -0.25) is 4.79 Å². The van der Waals surface area contributed by atoms with Crippen LogP contribution < -0.4 is 5.32 Å². The van der Waals surface area contributed by atoms with Crippen molar-refractivity contribution in [3.63, 3.8) is 0 Å². The summed E-state index contributed by atoms with van der Waals surface area (Å²) in [6.45, 7) is 0. The van der Waals surface area contributed by atoms with E-state index in [0.717, 1.165) is 21.8 Å². The Hall–Kier alpha value is -0.390. The van der Waals surface area contributed by atoms with Gasteiger partial charge >= 0.3 is 0 Å². The van der Waals surface area contributed by atoms with E-state index in [-0.39, 0.29) is 11.9 Å². The summed E-state index contributed by atoms with van der Waals surface area (Å²) in [5.41, 5.74) is 0.653. The van der Waals surface area contributed by atoms with Gasteiger partial charge in [0.05, 0.1) is 11.7 Å². The summed E-state index contributed by atoms with van der Waals surface area (Å²) >= 11 is 6.74. The highest BCUT2D eigenvalue weighted by atomic mass is 79.9. The molecule has 0 radical (unpaired) electrons. The maximum absolute atomic E-state index is 12.0. The molecule has 5 heteroatoms. The molecule has 0 atom stereocenters. The molecule has 0 unspecified atom stereocenters. The molecule has 1 aromatic carbocycles. The molecule has 3 nitrogen and oxygen atoms in total. The van der Waals surface area contributed by atoms with E-state index in [0.29, 0.717) is 11.7 Å². The first-order valence-corrected chi connectivity index (χ1v) is 6.97. The van der Waals surface area contributed by atoms with Crippen LogP contribution in [0.4, 0.5) is 0 Å². The Bertz CT molecular complexity index is 431. The molecule has 1 N–H and O–H groups in total. The second kappa shape index (κ2) is 5.50. The fourth-order valence-electron chi connectivity index (χ4n) is 1.81. The number of nitrogens with one attached hydrogen (secondary N) is 1. The third-order valence-corrected chi connectivity index (χ3v) is 4.12. The van der Waals surface area contributed by atoms with Crippen LogP contribution in [0.1, 0.15) is 23.2 Å². The van der Waals surface area contributed by atoms with Crippen LogP contribution in [0.25, 0.3) is 0 Å². The molecular weight excluding hydrogens is 350 g/mol. The highest BCUT2D eigenvalue weighted by molar-refractivity contribution is 9.11. The molecule has 0 saturated heterocycles. The smallest absolute Gasteiger partial charge is 0.252 e. The number of rotatable bonds is 3. The zero-order valence-corrected chi connectivity index (χ0v) is 12.5. The van der Waals surface area contributed by atoms with Gasteiger partial charge in [0.25, 0.3) is 5.91 Å². The van der Waals surface area contributed by atoms with Crippen molar-refractivity contribution in [1.29, 1.82) is 0 Å². The summed E-state index contributed by atoms with van der Waals surface area (Å²) in [6.07, 6.45) is 2.09. The SMILES string of the molecule is COC1CC(NC(=O)c2cc(Br)ccc2Br)C1. The molecule has 2 rings (SSSR count). The number of ether oxygens (including phenoxy) is 1. The molecule has 0 spiro atoms. The van der Waals surface area contributed by atoms with Crippen LogP contribution in [0, 0.1) is 0 Å². The molecular formula is C12H13Br2NO2. The number of halogens is 2. The van der Waals surface area contributed by atoms with Crippen LogP contribution in [-0.4, -0.2) is 25.2 Å². The lowest BCUT2D eigenvalue weighted by Gasteiger charge is -2.34. The van der Waals surface area contributed by atoms with Gasteiger partial charge in [-0.1, -0.05) is 15.9 Å². The van der Waals surface area contributed by atoms with Crippen LogP contribution >= 0.6 is 31.9 Å². The molecule has 1 aliphatic carbocycles. The van der Waals surface area contributed by atoms with Gasteiger partial charge in [-0.05, 0) is 47.0 Å². The quantitative estimate of drug-likeness (QED) is 0.897. The third kappa shape index (κ3) is 3.09. The van der Waals surface area contributed by atoms with Crippen LogP contribution in [0.15, 0.2) is 27.1 Å². The molecule has 0 aromatic heterocycles. The van der Waals surface area contributed by atoms with Crippen molar-refractivity contribution < 1.29 is 9.53 Å². The van der Waals surface area contributed by atoms with Crippen molar-refractivity contribution in [2.75, 3.05) is 7.11 Å². The maximum Gasteiger partial charge on any atom is 0.252 e. The predicted octanol–water partition coefficient (Wildman–Crippen LogP) is 3.12. The molecule has 0 heterocycles. The zero-order valence-electron chi connectivity index (χ0n) is 9.37. The van der Waals surface area contributed by atoms with Gasteiger partial charge in [-0.2, -0.15) is 0 Å². The molecule has 1 aliphatic rings. The Morgan fingerprint density at radius 2 is 2.12 bits per heavy atom. The lowest BCUT2D eigenvalue weighted by atomic mass is 9.89. The molecule has 17 heavy (non-hydrogen) atoms. The number of amides is 1. The van der Waals surface area contributed by atoms with E-state index >= 15 is 0 Å². The Morgan fingerprint density at radius 1 is 1.41 bits per heavy atom. The van der Waals surface area contributed by atoms with Gasteiger partial charge in [0.2, 0.25) is 0 Å². The van der Waals surface area contributed by atoms with Gasteiger partial charge in [0.1, 0.15) is 0 Å². The van der Waals surface area contributed by atoms with E-state index in [1.165, 1.54) is 0 Å². The number of methoxy groups -OCH3 is 1. The van der Waals surface area contributed by atoms with Crippen molar-refractivity contribution in [3.05, 3.63) is 32.7 Å². The highest BCUT2D eigenvalue weighted by Crippen LogP contribution is 2.25. The van der Waals surface area contributed by atoms with E-state index in [1.54, 1.807) is 7.11 Å². The van der Waals surface area contributed by atoms with Crippen molar-refractivity contribution in [3.8, 4) is 0 Å². The minimum Gasteiger partial charge on any atom is -0.381 e. The van der Waals surface area contributed by atoms with Gasteiger partial charge in [0.15, 0.2) is 0 Å². The van der Waals surface area contributed by atoms with Gasteiger partial charge in [-0.15, -0.1) is 0 Å². The fraction of sp³-hybridized carbons (Fsp3) is 0.417. The first-order chi connectivity index (χ1) is 8.10. The topological polar surface area (TPSA) is 38.3 Å². The summed E-state index contributed by atoms with van der Waals surface area (Å²) in [5, 5.41) is 3.00. The Kier molecular flexibility index (Phi) is 4.22. The zero-order chi connectivity index (χ0) is 12.4. The number of benzene rings is 1. The van der Waals surface area contributed by atoms with E-state index in [9.17, 15) is 4.79 Å². The monoisotopic (exact) mass is 361 g/mol. The largest absolute Gasteiger partial charge is 0.381 e. The number of carbonyl (C=O) groups excluding carboxylic acids is 1. The Labute approximate surface area is 117 Å². The van der Waals surface area contributed by atoms with Crippen molar-refractivity contribution in [1.82, 2.24) is 5.32 Å². The minimum absolute atomic E-state index is 0.0438. The van der Waals surface area contributed by atoms with Gasteiger partial charge in [0, 0.05) is 22.1 Å². The highest BCUT2D eigenvalue weighted by Gasteiger charge is 2.30. The first kappa shape index (κ1) is 13.1. The normalized spacial score (nSPS) is 23.0. The summed E-state index contributed by atoms with van der Waals surface area (Å²) in [6, 6.07) is 5.80. The van der Waals surface area contributed by atoms with Crippen molar-refractivity contribution in [2.24, 2.45) is 0 Å².